The van der Waals surface area contributed by atoms with E-state index in [4.69, 9.17) is 4.42 Å². The lowest BCUT2D eigenvalue weighted by Gasteiger charge is -2.13. The molecule has 16 heavy (non-hydrogen) atoms. The summed E-state index contributed by atoms with van der Waals surface area (Å²) in [6, 6.07) is 4.58. The minimum absolute atomic E-state index is 0.238. The van der Waals surface area contributed by atoms with Crippen LogP contribution in [0.3, 0.4) is 0 Å². The molecular weight excluding hydrogens is 218 g/mol. The van der Waals surface area contributed by atoms with Crippen molar-refractivity contribution in [1.82, 2.24) is 5.32 Å². The lowest BCUT2D eigenvalue weighted by molar-refractivity contribution is 0.497. The van der Waals surface area contributed by atoms with Gasteiger partial charge in [0.05, 0.1) is 6.04 Å². The van der Waals surface area contributed by atoms with Gasteiger partial charge in [0.1, 0.15) is 11.5 Å². The fraction of sp³-hybridized carbons (Fsp3) is 0.385. The van der Waals surface area contributed by atoms with Crippen LogP contribution in [0.2, 0.25) is 0 Å². The van der Waals surface area contributed by atoms with Crippen LogP contribution >= 0.6 is 11.3 Å². The molecular formula is C13H17NOS. The van der Waals surface area contributed by atoms with Crippen LogP contribution in [0.5, 0.6) is 0 Å². The van der Waals surface area contributed by atoms with Gasteiger partial charge in [-0.2, -0.15) is 0 Å². The van der Waals surface area contributed by atoms with Crippen molar-refractivity contribution < 1.29 is 4.42 Å². The Morgan fingerprint density at radius 3 is 2.44 bits per heavy atom. The van der Waals surface area contributed by atoms with E-state index in [-0.39, 0.29) is 6.04 Å². The summed E-state index contributed by atoms with van der Waals surface area (Å²) in [4.78, 5) is 1.34. The Balaban J connectivity index is 2.40. The highest BCUT2D eigenvalue weighted by Crippen LogP contribution is 2.29. The van der Waals surface area contributed by atoms with E-state index < -0.39 is 0 Å². The molecule has 0 bridgehead atoms. The maximum Gasteiger partial charge on any atom is 0.106 e. The van der Waals surface area contributed by atoms with E-state index in [0.717, 1.165) is 11.5 Å². The van der Waals surface area contributed by atoms with E-state index in [2.05, 4.69) is 29.8 Å². The Labute approximate surface area is 100 Å². The third-order valence-electron chi connectivity index (χ3n) is 2.76. The first-order valence-electron chi connectivity index (χ1n) is 5.41. The monoisotopic (exact) mass is 235 g/mol. The van der Waals surface area contributed by atoms with Gasteiger partial charge >= 0.3 is 0 Å². The molecule has 2 rings (SSSR count). The molecule has 86 valence electrons. The zero-order valence-corrected chi connectivity index (χ0v) is 10.9. The van der Waals surface area contributed by atoms with Gasteiger partial charge in [0.15, 0.2) is 0 Å². The Hall–Kier alpha value is -1.06. The smallest absolute Gasteiger partial charge is 0.106 e. The standard InChI is InChI=1S/C13H17NOS/c1-8-5-12(10(3)15-8)13(14-4)11-6-9(2)16-7-11/h5-7,13-14H,1-4H3. The zero-order valence-electron chi connectivity index (χ0n) is 10.1. The first-order valence-corrected chi connectivity index (χ1v) is 6.29. The lowest BCUT2D eigenvalue weighted by atomic mass is 10.0. The molecule has 2 heterocycles. The molecule has 1 unspecified atom stereocenters. The van der Waals surface area contributed by atoms with Crippen LogP contribution in [0.1, 0.15) is 33.6 Å². The van der Waals surface area contributed by atoms with Crippen molar-refractivity contribution in [3.05, 3.63) is 45.0 Å². The number of hydrogen-bond donors (Lipinski definition) is 1. The van der Waals surface area contributed by atoms with Gasteiger partial charge in [-0.15, -0.1) is 11.3 Å². The Kier molecular flexibility index (Phi) is 3.17. The van der Waals surface area contributed by atoms with Crippen molar-refractivity contribution in [1.29, 1.82) is 0 Å². The molecule has 0 amide bonds. The number of nitrogens with one attached hydrogen (secondary N) is 1. The van der Waals surface area contributed by atoms with Gasteiger partial charge in [0.2, 0.25) is 0 Å². The third-order valence-corrected chi connectivity index (χ3v) is 3.64. The third kappa shape index (κ3) is 2.06. The van der Waals surface area contributed by atoms with Crippen LogP contribution in [0.25, 0.3) is 0 Å². The van der Waals surface area contributed by atoms with E-state index in [0.29, 0.717) is 0 Å². The summed E-state index contributed by atoms with van der Waals surface area (Å²) in [5.41, 5.74) is 2.55. The Morgan fingerprint density at radius 1 is 1.25 bits per heavy atom. The quantitative estimate of drug-likeness (QED) is 0.879. The van der Waals surface area contributed by atoms with Crippen LogP contribution in [0, 0.1) is 20.8 Å². The first kappa shape index (κ1) is 11.4. The van der Waals surface area contributed by atoms with E-state index >= 15 is 0 Å². The first-order chi connectivity index (χ1) is 7.61. The average Bonchev–Trinajstić information content (AvgIpc) is 2.76. The molecule has 1 N–H and O–H groups in total. The lowest BCUT2D eigenvalue weighted by Crippen LogP contribution is -2.17. The molecule has 2 aromatic rings. The van der Waals surface area contributed by atoms with E-state index in [1.165, 1.54) is 16.0 Å². The van der Waals surface area contributed by atoms with E-state index in [9.17, 15) is 0 Å². The van der Waals surface area contributed by atoms with Crippen molar-refractivity contribution in [2.24, 2.45) is 0 Å². The molecule has 0 aliphatic rings. The highest BCUT2D eigenvalue weighted by Gasteiger charge is 2.18. The molecule has 0 radical (unpaired) electrons. The summed E-state index contributed by atoms with van der Waals surface area (Å²) in [6.07, 6.45) is 0. The second-order valence-electron chi connectivity index (χ2n) is 4.08. The van der Waals surface area contributed by atoms with Gasteiger partial charge in [-0.05, 0) is 50.9 Å². The summed E-state index contributed by atoms with van der Waals surface area (Å²) >= 11 is 1.78. The average molecular weight is 235 g/mol. The van der Waals surface area contributed by atoms with Gasteiger partial charge in [-0.1, -0.05) is 0 Å². The van der Waals surface area contributed by atoms with Crippen molar-refractivity contribution in [2.45, 2.75) is 26.8 Å². The molecule has 0 aliphatic heterocycles. The number of thiophene rings is 1. The maximum atomic E-state index is 5.59. The highest BCUT2D eigenvalue weighted by molar-refractivity contribution is 7.10. The summed E-state index contributed by atoms with van der Waals surface area (Å²) in [5.74, 6) is 1.97. The molecule has 0 aromatic carbocycles. The van der Waals surface area contributed by atoms with Crippen molar-refractivity contribution in [3.63, 3.8) is 0 Å². The molecule has 3 heteroatoms. The predicted molar refractivity (Wildman–Crippen MR) is 68.1 cm³/mol. The van der Waals surface area contributed by atoms with Gasteiger partial charge in [0.25, 0.3) is 0 Å². The van der Waals surface area contributed by atoms with E-state index in [1.807, 2.05) is 20.9 Å². The summed E-state index contributed by atoms with van der Waals surface area (Å²) in [7, 11) is 1.99. The second-order valence-corrected chi connectivity index (χ2v) is 5.20. The SMILES string of the molecule is CNC(c1csc(C)c1)c1cc(C)oc1C. The molecule has 0 saturated heterocycles. The minimum Gasteiger partial charge on any atom is -0.466 e. The number of furan rings is 1. The fourth-order valence-corrected chi connectivity index (χ4v) is 2.78. The van der Waals surface area contributed by atoms with Crippen LogP contribution in [0.4, 0.5) is 0 Å². The zero-order chi connectivity index (χ0) is 11.7. The molecule has 2 aromatic heterocycles. The van der Waals surface area contributed by atoms with Gasteiger partial charge in [0, 0.05) is 10.4 Å². The number of aryl methyl sites for hydroxylation is 3. The molecule has 0 aliphatic carbocycles. The molecule has 2 nitrogen and oxygen atoms in total. The van der Waals surface area contributed by atoms with Gasteiger partial charge in [-0.25, -0.2) is 0 Å². The normalized spacial score (nSPS) is 13.0. The summed E-state index contributed by atoms with van der Waals surface area (Å²) < 4.78 is 5.59. The van der Waals surface area contributed by atoms with Gasteiger partial charge in [-0.3, -0.25) is 0 Å². The van der Waals surface area contributed by atoms with Crippen LogP contribution in [-0.4, -0.2) is 7.05 Å². The van der Waals surface area contributed by atoms with E-state index in [1.54, 1.807) is 11.3 Å². The van der Waals surface area contributed by atoms with Crippen LogP contribution < -0.4 is 5.32 Å². The molecule has 0 saturated carbocycles. The molecule has 0 fully saturated rings. The topological polar surface area (TPSA) is 25.2 Å². The van der Waals surface area contributed by atoms with Crippen molar-refractivity contribution >= 4 is 11.3 Å². The second kappa shape index (κ2) is 4.44. The molecule has 1 atom stereocenters. The summed E-state index contributed by atoms with van der Waals surface area (Å²) in [6.45, 7) is 6.14. The minimum atomic E-state index is 0.238. The summed E-state index contributed by atoms with van der Waals surface area (Å²) in [5, 5.41) is 5.56. The Morgan fingerprint density at radius 2 is 2.00 bits per heavy atom. The van der Waals surface area contributed by atoms with Crippen molar-refractivity contribution in [2.75, 3.05) is 7.05 Å². The number of rotatable bonds is 3. The fourth-order valence-electron chi connectivity index (χ4n) is 2.05. The van der Waals surface area contributed by atoms with Gasteiger partial charge < -0.3 is 9.73 Å². The largest absolute Gasteiger partial charge is 0.466 e. The van der Waals surface area contributed by atoms with Crippen LogP contribution in [-0.2, 0) is 0 Å². The predicted octanol–water partition coefficient (Wildman–Crippen LogP) is 3.58. The molecule has 0 spiro atoms. The van der Waals surface area contributed by atoms with Crippen LogP contribution in [0.15, 0.2) is 21.9 Å². The van der Waals surface area contributed by atoms with Crippen molar-refractivity contribution in [3.8, 4) is 0 Å². The maximum absolute atomic E-state index is 5.59. The Bertz CT molecular complexity index is 484. The highest BCUT2D eigenvalue weighted by atomic mass is 32.1. The number of hydrogen-bond acceptors (Lipinski definition) is 3.